The minimum atomic E-state index is -0.0369. The minimum absolute atomic E-state index is 0.0369. The molecule has 1 amide bonds. The van der Waals surface area contributed by atoms with Crippen molar-refractivity contribution in [3.05, 3.63) is 52.5 Å². The normalized spacial score (nSPS) is 12.9. The van der Waals surface area contributed by atoms with Gasteiger partial charge in [0.25, 0.3) is 0 Å². The van der Waals surface area contributed by atoms with Gasteiger partial charge in [0, 0.05) is 44.3 Å². The first kappa shape index (κ1) is 44.0. The van der Waals surface area contributed by atoms with E-state index in [9.17, 15) is 4.79 Å². The molecule has 0 heterocycles. The van der Waals surface area contributed by atoms with Crippen molar-refractivity contribution in [1.82, 2.24) is 15.1 Å². The van der Waals surface area contributed by atoms with E-state index in [1.165, 1.54) is 16.7 Å². The van der Waals surface area contributed by atoms with Crippen LogP contribution in [0.3, 0.4) is 0 Å². The lowest BCUT2D eigenvalue weighted by Gasteiger charge is -2.31. The van der Waals surface area contributed by atoms with Gasteiger partial charge in [0.2, 0.25) is 5.91 Å². The molecule has 0 aliphatic rings. The monoisotopic (exact) mass is 658 g/mol. The summed E-state index contributed by atoms with van der Waals surface area (Å²) >= 11 is 0. The Hall–Kier alpha value is -2.99. The average Bonchev–Trinajstić information content (AvgIpc) is 3.06. The summed E-state index contributed by atoms with van der Waals surface area (Å²) in [6.45, 7) is 24.4. The summed E-state index contributed by atoms with van der Waals surface area (Å²) in [6, 6.07) is 4.56. The molecular formula is C39H67N3O5. The smallest absolute Gasteiger partial charge is 0.224 e. The molecule has 2 unspecified atom stereocenters. The number of carbonyl (C=O) groups excluding carboxylic acids is 1. The quantitative estimate of drug-likeness (QED) is 0.0563. The molecule has 0 fully saturated rings. The van der Waals surface area contributed by atoms with Crippen LogP contribution in [0.5, 0.6) is 5.75 Å². The Labute approximate surface area is 288 Å². The number of benzene rings is 1. The molecule has 47 heavy (non-hydrogen) atoms. The fraction of sp³-hybridized carbons (Fsp3) is 0.667. The van der Waals surface area contributed by atoms with Crippen LogP contribution in [0.15, 0.2) is 35.8 Å². The van der Waals surface area contributed by atoms with Gasteiger partial charge in [0.1, 0.15) is 11.5 Å². The van der Waals surface area contributed by atoms with Crippen molar-refractivity contribution in [2.75, 3.05) is 67.3 Å². The molecule has 0 aromatic heterocycles. The van der Waals surface area contributed by atoms with Crippen LogP contribution < -0.4 is 10.1 Å². The summed E-state index contributed by atoms with van der Waals surface area (Å²) in [7, 11) is 5.41. The molecule has 0 radical (unpaired) electrons. The molecule has 2 atom stereocenters. The van der Waals surface area contributed by atoms with Gasteiger partial charge in [-0.3, -0.25) is 9.69 Å². The van der Waals surface area contributed by atoms with Gasteiger partial charge in [-0.25, -0.2) is 0 Å². The topological polar surface area (TPSA) is 72.5 Å². The molecule has 0 saturated heterocycles. The highest BCUT2D eigenvalue weighted by Crippen LogP contribution is 2.30. The second-order valence-corrected chi connectivity index (χ2v) is 11.5. The number of unbranched alkanes of at least 4 members (excludes halogenated alkanes) is 1. The summed E-state index contributed by atoms with van der Waals surface area (Å²) in [5, 5.41) is 3.17. The summed E-state index contributed by atoms with van der Waals surface area (Å²) in [5.41, 5.74) is 3.78. The van der Waals surface area contributed by atoms with Crippen LogP contribution in [0, 0.1) is 25.7 Å². The van der Waals surface area contributed by atoms with Crippen molar-refractivity contribution in [3.63, 3.8) is 0 Å². The van der Waals surface area contributed by atoms with E-state index < -0.39 is 0 Å². The summed E-state index contributed by atoms with van der Waals surface area (Å²) in [4.78, 5) is 17.7. The van der Waals surface area contributed by atoms with E-state index >= 15 is 0 Å². The third-order valence-corrected chi connectivity index (χ3v) is 8.02. The van der Waals surface area contributed by atoms with Gasteiger partial charge < -0.3 is 29.2 Å². The molecule has 0 bridgehead atoms. The van der Waals surface area contributed by atoms with Crippen LogP contribution in [0.4, 0.5) is 0 Å². The van der Waals surface area contributed by atoms with Gasteiger partial charge in [-0.05, 0) is 122 Å². The number of allylic oxidation sites excluding steroid dienone is 2. The molecule has 0 saturated carbocycles. The molecule has 0 aliphatic carbocycles. The van der Waals surface area contributed by atoms with Gasteiger partial charge in [0.15, 0.2) is 5.76 Å². The first-order valence-electron chi connectivity index (χ1n) is 17.6. The Kier molecular flexibility index (Phi) is 25.3. The number of amides is 1. The second kappa shape index (κ2) is 27.0. The molecule has 1 N–H and O–H groups in total. The number of methoxy groups -OCH3 is 2. The van der Waals surface area contributed by atoms with Crippen LogP contribution in [0.1, 0.15) is 103 Å². The first-order chi connectivity index (χ1) is 22.6. The Balaban J connectivity index is 0.0000104. The van der Waals surface area contributed by atoms with Gasteiger partial charge in [-0.2, -0.15) is 0 Å². The Morgan fingerprint density at radius 2 is 1.72 bits per heavy atom. The molecule has 1 aromatic carbocycles. The molecule has 0 aliphatic heterocycles. The third kappa shape index (κ3) is 18.2. The maximum atomic E-state index is 12.9. The SMILES string of the molecule is CC.CC#C/C(=C\C(=C/CC(=O)NC(C)CCN(CCC)C(C)c1ccc(OC)c(C)c1C)OCCCCN(C)CCOCC)OC. The van der Waals surface area contributed by atoms with E-state index in [0.717, 1.165) is 70.8 Å². The summed E-state index contributed by atoms with van der Waals surface area (Å²) in [5.74, 6) is 7.77. The van der Waals surface area contributed by atoms with E-state index in [1.54, 1.807) is 27.2 Å². The summed E-state index contributed by atoms with van der Waals surface area (Å²) < 4.78 is 22.4. The highest BCUT2D eigenvalue weighted by molar-refractivity contribution is 5.77. The van der Waals surface area contributed by atoms with Crippen LogP contribution >= 0.6 is 0 Å². The Morgan fingerprint density at radius 3 is 2.34 bits per heavy atom. The zero-order valence-corrected chi connectivity index (χ0v) is 31.9. The van der Waals surface area contributed by atoms with Crippen LogP contribution in [0.2, 0.25) is 0 Å². The van der Waals surface area contributed by atoms with Crippen molar-refractivity contribution >= 4 is 5.91 Å². The Morgan fingerprint density at radius 1 is 1.00 bits per heavy atom. The maximum Gasteiger partial charge on any atom is 0.224 e. The first-order valence-corrected chi connectivity index (χ1v) is 17.6. The van der Waals surface area contributed by atoms with E-state index in [1.807, 2.05) is 26.8 Å². The third-order valence-electron chi connectivity index (χ3n) is 8.02. The largest absolute Gasteiger partial charge is 0.496 e. The summed E-state index contributed by atoms with van der Waals surface area (Å²) in [6.07, 6.45) is 7.62. The van der Waals surface area contributed by atoms with Gasteiger partial charge in [0.05, 0.1) is 27.4 Å². The van der Waals surface area contributed by atoms with E-state index in [0.29, 0.717) is 18.1 Å². The lowest BCUT2D eigenvalue weighted by molar-refractivity contribution is -0.120. The molecule has 268 valence electrons. The zero-order chi connectivity index (χ0) is 35.6. The van der Waals surface area contributed by atoms with Gasteiger partial charge in [-0.1, -0.05) is 32.8 Å². The Bertz CT molecular complexity index is 1120. The number of hydrogen-bond acceptors (Lipinski definition) is 7. The molecule has 8 nitrogen and oxygen atoms in total. The van der Waals surface area contributed by atoms with Crippen molar-refractivity contribution in [3.8, 4) is 17.6 Å². The number of hydrogen-bond donors (Lipinski definition) is 1. The fourth-order valence-electron chi connectivity index (χ4n) is 5.14. The van der Waals surface area contributed by atoms with Gasteiger partial charge in [-0.15, -0.1) is 0 Å². The molecular weight excluding hydrogens is 590 g/mol. The molecule has 1 aromatic rings. The van der Waals surface area contributed by atoms with E-state index in [-0.39, 0.29) is 24.4 Å². The number of nitrogens with one attached hydrogen (secondary N) is 1. The number of carbonyl (C=O) groups is 1. The van der Waals surface area contributed by atoms with Crippen molar-refractivity contribution in [2.45, 2.75) is 107 Å². The number of rotatable bonds is 23. The van der Waals surface area contributed by atoms with Crippen molar-refractivity contribution < 1.29 is 23.7 Å². The van der Waals surface area contributed by atoms with Crippen LogP contribution in [-0.2, 0) is 19.0 Å². The van der Waals surface area contributed by atoms with Crippen molar-refractivity contribution in [2.24, 2.45) is 0 Å². The van der Waals surface area contributed by atoms with Crippen LogP contribution in [0.25, 0.3) is 0 Å². The highest BCUT2D eigenvalue weighted by atomic mass is 16.5. The standard InChI is InChI=1S/C37H61N3O5.C2H6/c1-11-16-33(42-9)28-34(45-26-15-14-23-39(8)25-27-44-13-3)17-20-37(41)38-29(4)21-24-40(22-12-2)32(7)35-18-19-36(43-10)31(6)30(35)5;1-2/h17-19,28-29,32H,12-15,20-27H2,1-10H3,(H,38,41);1-2H3/b33-28+,34-17+;. The highest BCUT2D eigenvalue weighted by Gasteiger charge is 2.20. The zero-order valence-electron chi connectivity index (χ0n) is 31.9. The lowest BCUT2D eigenvalue weighted by Crippen LogP contribution is -2.37. The molecule has 1 rings (SSSR count). The van der Waals surface area contributed by atoms with Crippen LogP contribution in [-0.4, -0.2) is 89.0 Å². The number of nitrogens with zero attached hydrogens (tertiary/aromatic N) is 2. The molecule has 0 spiro atoms. The average molecular weight is 658 g/mol. The lowest BCUT2D eigenvalue weighted by atomic mass is 9.96. The second-order valence-electron chi connectivity index (χ2n) is 11.5. The van der Waals surface area contributed by atoms with E-state index in [4.69, 9.17) is 18.9 Å². The van der Waals surface area contributed by atoms with E-state index in [2.05, 4.69) is 80.8 Å². The number of ether oxygens (including phenoxy) is 4. The van der Waals surface area contributed by atoms with Gasteiger partial charge >= 0.3 is 0 Å². The maximum absolute atomic E-state index is 12.9. The minimum Gasteiger partial charge on any atom is -0.496 e. The fourth-order valence-corrected chi connectivity index (χ4v) is 5.14. The number of likely N-dealkylation sites (N-methyl/N-ethyl adjacent to an activating group) is 1. The predicted octanol–water partition coefficient (Wildman–Crippen LogP) is 7.60. The van der Waals surface area contributed by atoms with Crippen molar-refractivity contribution in [1.29, 1.82) is 0 Å². The predicted molar refractivity (Wildman–Crippen MR) is 197 cm³/mol. The molecule has 8 heteroatoms.